The molecule has 1 saturated carbocycles. The molecule has 3 aliphatic rings. The maximum atomic E-state index is 5.04. The van der Waals surface area contributed by atoms with Crippen LogP contribution < -0.4 is 10.6 Å². The zero-order valence-corrected chi connectivity index (χ0v) is 13.5. The normalized spacial score (nSPS) is 30.4. The summed E-state index contributed by atoms with van der Waals surface area (Å²) in [5.41, 5.74) is 1.29. The number of nitrogens with zero attached hydrogens (tertiary/aromatic N) is 2. The van der Waals surface area contributed by atoms with E-state index < -0.39 is 0 Å². The van der Waals surface area contributed by atoms with Gasteiger partial charge in [0.15, 0.2) is 0 Å². The van der Waals surface area contributed by atoms with Crippen molar-refractivity contribution in [2.75, 3.05) is 25.0 Å². The second kappa shape index (κ2) is 5.34. The summed E-state index contributed by atoms with van der Waals surface area (Å²) in [4.78, 5) is 0. The minimum atomic E-state index is 0.618. The number of rotatable bonds is 1. The van der Waals surface area contributed by atoms with Crippen LogP contribution >= 0.6 is 15.9 Å². The average molecular weight is 339 g/mol. The number of hydrogen-bond acceptors (Lipinski definition) is 3. The molecule has 0 amide bonds. The van der Waals surface area contributed by atoms with Gasteiger partial charge in [0.1, 0.15) is 5.82 Å². The van der Waals surface area contributed by atoms with Crippen molar-refractivity contribution in [2.24, 2.45) is 5.92 Å². The molecule has 20 heavy (non-hydrogen) atoms. The van der Waals surface area contributed by atoms with Crippen LogP contribution in [0.5, 0.6) is 0 Å². The summed E-state index contributed by atoms with van der Waals surface area (Å²) in [6.07, 6.45) is 7.84. The van der Waals surface area contributed by atoms with Gasteiger partial charge >= 0.3 is 0 Å². The highest BCUT2D eigenvalue weighted by molar-refractivity contribution is 9.10. The highest BCUT2D eigenvalue weighted by Gasteiger charge is 2.35. The summed E-state index contributed by atoms with van der Waals surface area (Å²) in [6, 6.07) is 0.631. The zero-order chi connectivity index (χ0) is 13.5. The fourth-order valence-electron chi connectivity index (χ4n) is 4.16. The maximum Gasteiger partial charge on any atom is 0.139 e. The third-order valence-corrected chi connectivity index (χ3v) is 6.10. The molecule has 4 nitrogen and oxygen atoms in total. The van der Waals surface area contributed by atoms with E-state index in [0.717, 1.165) is 25.6 Å². The molecular formula is C15H23BrN4. The van der Waals surface area contributed by atoms with Crippen molar-refractivity contribution in [1.29, 1.82) is 0 Å². The molecule has 0 aromatic carbocycles. The van der Waals surface area contributed by atoms with Crippen molar-refractivity contribution in [1.82, 2.24) is 15.1 Å². The molecule has 1 aliphatic carbocycles. The molecule has 1 saturated heterocycles. The van der Waals surface area contributed by atoms with Crippen molar-refractivity contribution in [2.45, 2.75) is 50.5 Å². The first kappa shape index (κ1) is 13.1. The van der Waals surface area contributed by atoms with Gasteiger partial charge in [0.2, 0.25) is 0 Å². The van der Waals surface area contributed by atoms with Gasteiger partial charge in [0.25, 0.3) is 0 Å². The number of nitrogens with one attached hydrogen (secondary N) is 2. The van der Waals surface area contributed by atoms with Crippen molar-refractivity contribution in [3.05, 3.63) is 10.2 Å². The van der Waals surface area contributed by atoms with E-state index in [9.17, 15) is 0 Å². The number of piperidine rings is 1. The highest BCUT2D eigenvalue weighted by atomic mass is 79.9. The Balaban J connectivity index is 1.68. The number of anilines is 1. The van der Waals surface area contributed by atoms with Gasteiger partial charge in [0.05, 0.1) is 16.2 Å². The average Bonchev–Trinajstić information content (AvgIpc) is 2.86. The van der Waals surface area contributed by atoms with Gasteiger partial charge < -0.3 is 10.6 Å². The summed E-state index contributed by atoms with van der Waals surface area (Å²) in [5, 5.41) is 12.1. The van der Waals surface area contributed by atoms with Crippen molar-refractivity contribution in [3.8, 4) is 0 Å². The molecule has 0 spiro atoms. The molecule has 2 atom stereocenters. The lowest BCUT2D eigenvalue weighted by molar-refractivity contribution is 0.221. The molecule has 1 aromatic rings. The molecular weight excluding hydrogens is 316 g/mol. The topological polar surface area (TPSA) is 41.9 Å². The lowest BCUT2D eigenvalue weighted by Crippen LogP contribution is -2.35. The van der Waals surface area contributed by atoms with Gasteiger partial charge in [-0.2, -0.15) is 5.10 Å². The first-order valence-corrected chi connectivity index (χ1v) is 8.86. The third kappa shape index (κ3) is 2.10. The summed E-state index contributed by atoms with van der Waals surface area (Å²) in [5.74, 6) is 2.64. The van der Waals surface area contributed by atoms with Gasteiger partial charge in [-0.25, -0.2) is 4.68 Å². The van der Waals surface area contributed by atoms with Crippen LogP contribution in [0.3, 0.4) is 0 Å². The quantitative estimate of drug-likeness (QED) is 0.825. The Kier molecular flexibility index (Phi) is 3.50. The molecule has 2 aliphatic heterocycles. The summed E-state index contributed by atoms with van der Waals surface area (Å²) >= 11 is 3.82. The fourth-order valence-corrected chi connectivity index (χ4v) is 4.89. The second-order valence-corrected chi connectivity index (χ2v) is 7.30. The number of aromatic nitrogens is 2. The van der Waals surface area contributed by atoms with Crippen molar-refractivity contribution >= 4 is 21.7 Å². The minimum Gasteiger partial charge on any atom is -0.369 e. The number of halogens is 1. The molecule has 110 valence electrons. The molecule has 2 unspecified atom stereocenters. The van der Waals surface area contributed by atoms with E-state index >= 15 is 0 Å². The Labute approximate surface area is 128 Å². The number of hydrogen-bond donors (Lipinski definition) is 2. The van der Waals surface area contributed by atoms with Gasteiger partial charge in [-0.05, 0) is 60.6 Å². The number of fused-ring (bicyclic) bond motifs is 3. The molecule has 3 heterocycles. The smallest absolute Gasteiger partial charge is 0.139 e. The fraction of sp³-hybridized carbons (Fsp3) is 0.800. The van der Waals surface area contributed by atoms with Crippen molar-refractivity contribution in [3.63, 3.8) is 0 Å². The van der Waals surface area contributed by atoms with Crippen LogP contribution in [0.25, 0.3) is 0 Å². The maximum absolute atomic E-state index is 5.04. The van der Waals surface area contributed by atoms with Crippen LogP contribution in [0.1, 0.15) is 56.2 Å². The van der Waals surface area contributed by atoms with E-state index in [0.29, 0.717) is 12.0 Å². The summed E-state index contributed by atoms with van der Waals surface area (Å²) in [7, 11) is 0. The highest BCUT2D eigenvalue weighted by Crippen LogP contribution is 2.44. The van der Waals surface area contributed by atoms with Gasteiger partial charge in [-0.15, -0.1) is 0 Å². The molecule has 0 bridgehead atoms. The van der Waals surface area contributed by atoms with Crippen molar-refractivity contribution < 1.29 is 0 Å². The first-order chi connectivity index (χ1) is 9.84. The molecule has 2 N–H and O–H groups in total. The second-order valence-electron chi connectivity index (χ2n) is 6.51. The van der Waals surface area contributed by atoms with Crippen LogP contribution in [0.15, 0.2) is 4.47 Å². The predicted octanol–water partition coefficient (Wildman–Crippen LogP) is 3.27. The third-order valence-electron chi connectivity index (χ3n) is 5.32. The predicted molar refractivity (Wildman–Crippen MR) is 84.3 cm³/mol. The van der Waals surface area contributed by atoms with Crippen LogP contribution in [0, 0.1) is 5.92 Å². The molecule has 4 rings (SSSR count). The van der Waals surface area contributed by atoms with E-state index in [1.165, 1.54) is 54.5 Å². The van der Waals surface area contributed by atoms with E-state index in [1.807, 2.05) is 0 Å². The Morgan fingerprint density at radius 3 is 2.75 bits per heavy atom. The van der Waals surface area contributed by atoms with Crippen LogP contribution in [-0.4, -0.2) is 29.4 Å². The van der Waals surface area contributed by atoms with Gasteiger partial charge in [0, 0.05) is 12.5 Å². The molecule has 0 radical (unpaired) electrons. The molecule has 5 heteroatoms. The van der Waals surface area contributed by atoms with E-state index in [1.54, 1.807) is 0 Å². The Morgan fingerprint density at radius 2 is 1.90 bits per heavy atom. The Hall–Kier alpha value is -0.550. The zero-order valence-electron chi connectivity index (χ0n) is 11.9. The van der Waals surface area contributed by atoms with E-state index in [2.05, 4.69) is 31.2 Å². The Bertz CT molecular complexity index is 492. The Morgan fingerprint density at radius 1 is 1.10 bits per heavy atom. The van der Waals surface area contributed by atoms with Gasteiger partial charge in [-0.1, -0.05) is 12.8 Å². The minimum absolute atomic E-state index is 0.618. The van der Waals surface area contributed by atoms with Gasteiger partial charge in [-0.3, -0.25) is 0 Å². The standard InChI is InChI=1S/C15H23BrN4/c16-13-14(10-5-7-17-8-6-10)19-20-12-4-2-1-3-11(12)9-18-15(13)20/h10-12,17-18H,1-9H2. The first-order valence-electron chi connectivity index (χ1n) is 8.07. The molecule has 1 aromatic heterocycles. The van der Waals surface area contributed by atoms with E-state index in [4.69, 9.17) is 5.10 Å². The summed E-state index contributed by atoms with van der Waals surface area (Å²) < 4.78 is 3.54. The van der Waals surface area contributed by atoms with Crippen LogP contribution in [0.4, 0.5) is 5.82 Å². The molecule has 2 fully saturated rings. The van der Waals surface area contributed by atoms with E-state index in [-0.39, 0.29) is 0 Å². The van der Waals surface area contributed by atoms with Crippen LogP contribution in [-0.2, 0) is 0 Å². The largest absolute Gasteiger partial charge is 0.369 e. The lowest BCUT2D eigenvalue weighted by Gasteiger charge is -2.37. The lowest BCUT2D eigenvalue weighted by atomic mass is 9.83. The summed E-state index contributed by atoms with van der Waals surface area (Å²) in [6.45, 7) is 3.37. The van der Waals surface area contributed by atoms with Crippen LogP contribution in [0.2, 0.25) is 0 Å². The SMILES string of the molecule is Brc1c(C2CCNCC2)nn2c1NCC1CCCCC12. The monoisotopic (exact) mass is 338 g/mol.